The first kappa shape index (κ1) is 12.3. The van der Waals surface area contributed by atoms with Gasteiger partial charge in [-0.2, -0.15) is 0 Å². The van der Waals surface area contributed by atoms with Crippen LogP contribution in [-0.4, -0.2) is 16.1 Å². The van der Waals surface area contributed by atoms with Crippen LogP contribution in [0, 0.1) is 11.6 Å². The fourth-order valence-electron chi connectivity index (χ4n) is 2.18. The third-order valence-corrected chi connectivity index (χ3v) is 3.15. The van der Waals surface area contributed by atoms with Crippen molar-refractivity contribution in [2.24, 2.45) is 0 Å². The van der Waals surface area contributed by atoms with Gasteiger partial charge in [0.2, 0.25) is 0 Å². The van der Waals surface area contributed by atoms with Crippen LogP contribution in [-0.2, 0) is 0 Å². The zero-order valence-corrected chi connectivity index (χ0v) is 10.2. The van der Waals surface area contributed by atoms with Crippen molar-refractivity contribution in [3.05, 3.63) is 59.8 Å². The Balaban J connectivity index is 2.24. The molecule has 0 aliphatic carbocycles. The van der Waals surface area contributed by atoms with Gasteiger partial charge < -0.3 is 10.1 Å². The van der Waals surface area contributed by atoms with E-state index >= 15 is 0 Å². The number of aromatic carboxylic acids is 1. The SMILES string of the molecule is O=C(O)c1c[nH]c2ccc(-c3cc(F)ccc3F)cc12. The molecule has 3 rings (SSSR count). The molecule has 0 saturated heterocycles. The lowest BCUT2D eigenvalue weighted by Crippen LogP contribution is -1.94. The number of hydrogen-bond donors (Lipinski definition) is 2. The van der Waals surface area contributed by atoms with Crippen LogP contribution in [0.5, 0.6) is 0 Å². The number of aromatic amines is 1. The number of hydrogen-bond acceptors (Lipinski definition) is 1. The van der Waals surface area contributed by atoms with Crippen molar-refractivity contribution in [2.75, 3.05) is 0 Å². The first-order valence-electron chi connectivity index (χ1n) is 5.86. The van der Waals surface area contributed by atoms with Crippen LogP contribution in [0.1, 0.15) is 10.4 Å². The molecule has 0 amide bonds. The van der Waals surface area contributed by atoms with E-state index in [9.17, 15) is 13.6 Å². The predicted octanol–water partition coefficient (Wildman–Crippen LogP) is 3.81. The first-order chi connectivity index (χ1) is 9.56. The maximum Gasteiger partial charge on any atom is 0.337 e. The van der Waals surface area contributed by atoms with Crippen LogP contribution in [0.3, 0.4) is 0 Å². The quantitative estimate of drug-likeness (QED) is 0.746. The van der Waals surface area contributed by atoms with Gasteiger partial charge in [0.15, 0.2) is 0 Å². The van der Waals surface area contributed by atoms with Gasteiger partial charge in [0, 0.05) is 22.7 Å². The second kappa shape index (κ2) is 4.45. The molecule has 0 aliphatic heterocycles. The molecule has 2 N–H and O–H groups in total. The van der Waals surface area contributed by atoms with Crippen molar-refractivity contribution in [1.82, 2.24) is 4.98 Å². The maximum absolute atomic E-state index is 13.7. The summed E-state index contributed by atoms with van der Waals surface area (Å²) in [6, 6.07) is 7.96. The molecule has 0 spiro atoms. The molecule has 0 aliphatic rings. The van der Waals surface area contributed by atoms with Crippen LogP contribution in [0.25, 0.3) is 22.0 Å². The molecule has 5 heteroatoms. The summed E-state index contributed by atoms with van der Waals surface area (Å²) in [7, 11) is 0. The van der Waals surface area contributed by atoms with Gasteiger partial charge in [-0.15, -0.1) is 0 Å². The second-order valence-electron chi connectivity index (χ2n) is 4.39. The van der Waals surface area contributed by atoms with E-state index in [-0.39, 0.29) is 11.1 Å². The highest BCUT2D eigenvalue weighted by Gasteiger charge is 2.13. The molecule has 2 aromatic carbocycles. The van der Waals surface area contributed by atoms with Crippen LogP contribution in [0.4, 0.5) is 8.78 Å². The van der Waals surface area contributed by atoms with Crippen molar-refractivity contribution >= 4 is 16.9 Å². The number of benzene rings is 2. The monoisotopic (exact) mass is 273 g/mol. The largest absolute Gasteiger partial charge is 0.478 e. The number of halogens is 2. The summed E-state index contributed by atoms with van der Waals surface area (Å²) in [6.45, 7) is 0. The maximum atomic E-state index is 13.7. The Bertz CT molecular complexity index is 824. The number of aromatic nitrogens is 1. The Hall–Kier alpha value is -2.69. The van der Waals surface area contributed by atoms with E-state index in [2.05, 4.69) is 4.98 Å². The number of rotatable bonds is 2. The summed E-state index contributed by atoms with van der Waals surface area (Å²) >= 11 is 0. The number of fused-ring (bicyclic) bond motifs is 1. The summed E-state index contributed by atoms with van der Waals surface area (Å²) in [4.78, 5) is 13.9. The van der Waals surface area contributed by atoms with E-state index in [1.54, 1.807) is 12.1 Å². The standard InChI is InChI=1S/C15H9F2NO2/c16-9-2-3-13(17)10(6-9)8-1-4-14-11(5-8)12(7-18-14)15(19)20/h1-7,18H,(H,19,20). The number of nitrogens with one attached hydrogen (secondary N) is 1. The van der Waals surface area contributed by atoms with E-state index in [1.807, 2.05) is 0 Å². The summed E-state index contributed by atoms with van der Waals surface area (Å²) < 4.78 is 27.0. The lowest BCUT2D eigenvalue weighted by molar-refractivity contribution is 0.0699. The van der Waals surface area contributed by atoms with Crippen LogP contribution < -0.4 is 0 Å². The fourth-order valence-corrected chi connectivity index (χ4v) is 2.18. The Morgan fingerprint density at radius 3 is 2.65 bits per heavy atom. The summed E-state index contributed by atoms with van der Waals surface area (Å²) in [5.74, 6) is -2.18. The average Bonchev–Trinajstić information content (AvgIpc) is 2.84. The Morgan fingerprint density at radius 1 is 1.10 bits per heavy atom. The molecule has 20 heavy (non-hydrogen) atoms. The van der Waals surface area contributed by atoms with E-state index in [0.29, 0.717) is 16.5 Å². The summed E-state index contributed by atoms with van der Waals surface area (Å²) in [6.07, 6.45) is 1.37. The molecular weight excluding hydrogens is 264 g/mol. The highest BCUT2D eigenvalue weighted by atomic mass is 19.1. The van der Waals surface area contributed by atoms with Gasteiger partial charge in [-0.25, -0.2) is 13.6 Å². The van der Waals surface area contributed by atoms with Gasteiger partial charge in [0.1, 0.15) is 11.6 Å². The van der Waals surface area contributed by atoms with Gasteiger partial charge in [-0.1, -0.05) is 6.07 Å². The van der Waals surface area contributed by atoms with Gasteiger partial charge in [0.25, 0.3) is 0 Å². The normalized spacial score (nSPS) is 10.9. The predicted molar refractivity (Wildman–Crippen MR) is 70.6 cm³/mol. The van der Waals surface area contributed by atoms with E-state index < -0.39 is 17.6 Å². The minimum Gasteiger partial charge on any atom is -0.478 e. The van der Waals surface area contributed by atoms with Crippen molar-refractivity contribution in [1.29, 1.82) is 0 Å². The highest BCUT2D eigenvalue weighted by molar-refractivity contribution is 6.04. The second-order valence-corrected chi connectivity index (χ2v) is 4.39. The highest BCUT2D eigenvalue weighted by Crippen LogP contribution is 2.28. The molecule has 1 aromatic heterocycles. The van der Waals surface area contributed by atoms with Crippen molar-refractivity contribution in [2.45, 2.75) is 0 Å². The van der Waals surface area contributed by atoms with Gasteiger partial charge in [-0.3, -0.25) is 0 Å². The third kappa shape index (κ3) is 1.93. The lowest BCUT2D eigenvalue weighted by Gasteiger charge is -2.04. The summed E-state index contributed by atoms with van der Waals surface area (Å²) in [5.41, 5.74) is 1.25. The van der Waals surface area contributed by atoms with Crippen LogP contribution in [0.2, 0.25) is 0 Å². The Kier molecular flexibility index (Phi) is 2.75. The molecule has 3 aromatic rings. The van der Waals surface area contributed by atoms with Crippen LogP contribution >= 0.6 is 0 Å². The molecule has 0 saturated carbocycles. The number of carboxylic acid groups (broad SMARTS) is 1. The number of carboxylic acids is 1. The first-order valence-corrected chi connectivity index (χ1v) is 5.86. The Labute approximate surface area is 112 Å². The van der Waals surface area contributed by atoms with E-state index in [4.69, 9.17) is 5.11 Å². The average molecular weight is 273 g/mol. The van der Waals surface area contributed by atoms with Crippen molar-refractivity contribution < 1.29 is 18.7 Å². The van der Waals surface area contributed by atoms with E-state index in [1.165, 1.54) is 12.3 Å². The van der Waals surface area contributed by atoms with Gasteiger partial charge >= 0.3 is 5.97 Å². The molecule has 0 unspecified atom stereocenters. The zero-order valence-electron chi connectivity index (χ0n) is 10.2. The zero-order chi connectivity index (χ0) is 14.3. The number of carbonyl (C=O) groups is 1. The molecule has 0 atom stereocenters. The number of H-pyrrole nitrogens is 1. The third-order valence-electron chi connectivity index (χ3n) is 3.15. The molecule has 0 fully saturated rings. The van der Waals surface area contributed by atoms with Crippen molar-refractivity contribution in [3.63, 3.8) is 0 Å². The smallest absolute Gasteiger partial charge is 0.337 e. The minimum absolute atomic E-state index is 0.0960. The fraction of sp³-hybridized carbons (Fsp3) is 0. The summed E-state index contributed by atoms with van der Waals surface area (Å²) in [5, 5.41) is 9.53. The van der Waals surface area contributed by atoms with Crippen molar-refractivity contribution in [3.8, 4) is 11.1 Å². The van der Waals surface area contributed by atoms with Crippen LogP contribution in [0.15, 0.2) is 42.6 Å². The Morgan fingerprint density at radius 2 is 1.90 bits per heavy atom. The lowest BCUT2D eigenvalue weighted by atomic mass is 10.0. The van der Waals surface area contributed by atoms with Gasteiger partial charge in [0.05, 0.1) is 5.56 Å². The molecule has 0 radical (unpaired) electrons. The van der Waals surface area contributed by atoms with E-state index in [0.717, 1.165) is 18.2 Å². The molecule has 3 nitrogen and oxygen atoms in total. The molecule has 0 bridgehead atoms. The molecule has 1 heterocycles. The topological polar surface area (TPSA) is 53.1 Å². The minimum atomic E-state index is -1.08. The molecular formula is C15H9F2NO2. The van der Waals surface area contributed by atoms with Gasteiger partial charge in [-0.05, 0) is 35.9 Å². The molecule has 100 valence electrons.